The fraction of sp³-hybridized carbons (Fsp3) is 0.306. The zero-order valence-electron chi connectivity index (χ0n) is 28.1. The lowest BCUT2D eigenvalue weighted by Gasteiger charge is -2.22. The van der Waals surface area contributed by atoms with Crippen molar-refractivity contribution in [2.75, 3.05) is 19.0 Å². The third-order valence-corrected chi connectivity index (χ3v) is 7.81. The Labute approximate surface area is 289 Å². The molecule has 14 heteroatoms. The number of nitrogens with zero attached hydrogens (tertiary/aromatic N) is 1. The topological polar surface area (TPSA) is 206 Å². The smallest absolute Gasteiger partial charge is 0.419 e. The van der Waals surface area contributed by atoms with E-state index in [4.69, 9.17) is 25.7 Å². The van der Waals surface area contributed by atoms with Gasteiger partial charge in [0.25, 0.3) is 0 Å². The zero-order valence-corrected chi connectivity index (χ0v) is 28.1. The number of nitrogens with one attached hydrogen (secondary N) is 3. The lowest BCUT2D eigenvalue weighted by molar-refractivity contribution is -0.128. The van der Waals surface area contributed by atoms with Crippen LogP contribution in [0.25, 0.3) is 10.9 Å². The van der Waals surface area contributed by atoms with Crippen LogP contribution in [0.5, 0.6) is 5.75 Å². The van der Waals surface area contributed by atoms with Crippen LogP contribution >= 0.6 is 0 Å². The van der Waals surface area contributed by atoms with Gasteiger partial charge in [-0.25, -0.2) is 19.0 Å². The maximum atomic E-state index is 13.4. The van der Waals surface area contributed by atoms with Crippen molar-refractivity contribution in [3.8, 4) is 5.75 Å². The number of amides is 4. The van der Waals surface area contributed by atoms with Gasteiger partial charge in [-0.2, -0.15) is 0 Å². The van der Waals surface area contributed by atoms with Crippen LogP contribution in [0.15, 0.2) is 78.9 Å². The molecule has 0 saturated carbocycles. The predicted octanol–water partition coefficient (Wildman–Crippen LogP) is 4.05. The van der Waals surface area contributed by atoms with Crippen LogP contribution < -0.4 is 32.2 Å². The van der Waals surface area contributed by atoms with Crippen molar-refractivity contribution >= 4 is 46.5 Å². The second-order valence-electron chi connectivity index (χ2n) is 11.9. The van der Waals surface area contributed by atoms with Gasteiger partial charge in [-0.05, 0) is 60.2 Å². The van der Waals surface area contributed by atoms with E-state index in [9.17, 15) is 24.0 Å². The molecule has 50 heavy (non-hydrogen) atoms. The summed E-state index contributed by atoms with van der Waals surface area (Å²) in [5, 5.41) is 8.53. The number of benzene rings is 3. The largest absolute Gasteiger partial charge is 0.489 e. The van der Waals surface area contributed by atoms with Crippen LogP contribution in [0.2, 0.25) is 0 Å². The molecule has 1 aromatic heterocycles. The number of esters is 1. The maximum absolute atomic E-state index is 13.4. The Morgan fingerprint density at radius 2 is 1.56 bits per heavy atom. The van der Waals surface area contributed by atoms with Crippen LogP contribution in [0.4, 0.5) is 15.3 Å². The normalized spacial score (nSPS) is 12.1. The molecule has 2 atom stereocenters. The number of carbonyl (C=O) groups is 5. The molecule has 0 bridgehead atoms. The van der Waals surface area contributed by atoms with Crippen LogP contribution in [-0.4, -0.2) is 60.2 Å². The second-order valence-corrected chi connectivity index (χ2v) is 11.9. The number of hydrogen-bond acceptors (Lipinski definition) is 9. The fourth-order valence-electron chi connectivity index (χ4n) is 4.94. The summed E-state index contributed by atoms with van der Waals surface area (Å²) < 4.78 is 17.6. The first kappa shape index (κ1) is 36.9. The van der Waals surface area contributed by atoms with E-state index < -0.39 is 42.0 Å². The average molecular weight is 687 g/mol. The molecule has 0 aliphatic rings. The van der Waals surface area contributed by atoms with Crippen LogP contribution in [0.3, 0.4) is 0 Å². The van der Waals surface area contributed by atoms with Crippen LogP contribution in [0.1, 0.15) is 48.3 Å². The molecular weight excluding hydrogens is 644 g/mol. The minimum atomic E-state index is -0.924. The van der Waals surface area contributed by atoms with E-state index >= 15 is 0 Å². The molecule has 264 valence electrons. The molecular formula is C36H42N6O8. The summed E-state index contributed by atoms with van der Waals surface area (Å²) in [6, 6.07) is 20.4. The van der Waals surface area contributed by atoms with Crippen molar-refractivity contribution in [3.05, 3.63) is 95.7 Å². The van der Waals surface area contributed by atoms with Gasteiger partial charge in [-0.3, -0.25) is 9.59 Å². The summed E-state index contributed by atoms with van der Waals surface area (Å²) in [7, 11) is 1.22. The minimum absolute atomic E-state index is 0.00725. The van der Waals surface area contributed by atoms with Gasteiger partial charge in [0.1, 0.15) is 30.7 Å². The number of urea groups is 1. The first-order valence-corrected chi connectivity index (χ1v) is 16.0. The maximum Gasteiger partial charge on any atom is 0.419 e. The van der Waals surface area contributed by atoms with Gasteiger partial charge in [0.05, 0.1) is 18.7 Å². The average Bonchev–Trinajstić information content (AvgIpc) is 3.50. The van der Waals surface area contributed by atoms with Gasteiger partial charge >= 0.3 is 18.1 Å². The molecule has 0 unspecified atom stereocenters. The molecule has 0 aliphatic carbocycles. The summed E-state index contributed by atoms with van der Waals surface area (Å²) >= 11 is 0. The van der Waals surface area contributed by atoms with E-state index in [1.165, 1.54) is 7.11 Å². The third kappa shape index (κ3) is 10.1. The highest BCUT2D eigenvalue weighted by molar-refractivity contribution is 6.02. The van der Waals surface area contributed by atoms with E-state index in [0.717, 1.165) is 10.1 Å². The number of ether oxygens (including phenoxy) is 3. The van der Waals surface area contributed by atoms with Crippen molar-refractivity contribution in [3.63, 3.8) is 0 Å². The first-order valence-electron chi connectivity index (χ1n) is 16.0. The van der Waals surface area contributed by atoms with Crippen molar-refractivity contribution in [1.82, 2.24) is 15.2 Å². The molecule has 4 rings (SSSR count). The van der Waals surface area contributed by atoms with Gasteiger partial charge in [-0.1, -0.05) is 56.3 Å². The summed E-state index contributed by atoms with van der Waals surface area (Å²) in [6.45, 7) is 3.99. The van der Waals surface area contributed by atoms with Gasteiger partial charge < -0.3 is 41.6 Å². The Kier molecular flexibility index (Phi) is 12.9. The quantitative estimate of drug-likeness (QED) is 0.0902. The number of nitrogens with two attached hydrogens (primary N) is 2. The Morgan fingerprint density at radius 1 is 0.860 bits per heavy atom. The highest BCUT2D eigenvalue weighted by Gasteiger charge is 2.26. The Balaban J connectivity index is 1.42. The third-order valence-electron chi connectivity index (χ3n) is 7.81. The molecule has 0 aliphatic heterocycles. The van der Waals surface area contributed by atoms with Gasteiger partial charge in [0, 0.05) is 23.7 Å². The minimum Gasteiger partial charge on any atom is -0.489 e. The second kappa shape index (κ2) is 17.5. The number of methoxy groups -OCH3 is 1. The summed E-state index contributed by atoms with van der Waals surface area (Å²) in [6.07, 6.45) is -0.209. The summed E-state index contributed by atoms with van der Waals surface area (Å²) in [5.41, 5.74) is 13.5. The molecule has 0 radical (unpaired) electrons. The number of fused-ring (bicyclic) bond motifs is 1. The lowest BCUT2D eigenvalue weighted by Crippen LogP contribution is -2.51. The summed E-state index contributed by atoms with van der Waals surface area (Å²) in [4.78, 5) is 62.8. The standard InChI is InChI=1S/C36H42N6O8/c1-22(2)31(37)33(44)41-28(10-7-17-39-35(38)46)32(43)40-26-14-11-24(12-15-26)21-50-36(47)42-29-19-27(49-20-23-8-5-4-6-9-23)16-13-25(29)18-30(42)34(45)48-3/h4-6,8-9,11-16,18-19,22,28,31H,7,10,17,20-21,37H2,1-3H3,(H,40,43)(H,41,44)(H3,38,39,46)/t28-,31-/m0/s1. The molecule has 3 aromatic carbocycles. The van der Waals surface area contributed by atoms with E-state index in [-0.39, 0.29) is 31.2 Å². The number of rotatable bonds is 15. The zero-order chi connectivity index (χ0) is 36.2. The van der Waals surface area contributed by atoms with E-state index in [1.807, 2.05) is 30.3 Å². The van der Waals surface area contributed by atoms with E-state index in [0.29, 0.717) is 40.9 Å². The molecule has 0 fully saturated rings. The Hall–Kier alpha value is -5.89. The van der Waals surface area contributed by atoms with Gasteiger partial charge in [-0.15, -0.1) is 0 Å². The van der Waals surface area contributed by atoms with E-state index in [2.05, 4.69) is 16.0 Å². The molecule has 7 N–H and O–H groups in total. The van der Waals surface area contributed by atoms with Crippen molar-refractivity contribution in [2.45, 2.75) is 52.0 Å². The number of anilines is 1. The van der Waals surface area contributed by atoms with Crippen molar-refractivity contribution in [2.24, 2.45) is 17.4 Å². The number of hydrogen-bond donors (Lipinski definition) is 5. The molecule has 1 heterocycles. The molecule has 4 amide bonds. The molecule has 14 nitrogen and oxygen atoms in total. The molecule has 4 aromatic rings. The predicted molar refractivity (Wildman–Crippen MR) is 186 cm³/mol. The van der Waals surface area contributed by atoms with Gasteiger partial charge in [0.2, 0.25) is 11.8 Å². The van der Waals surface area contributed by atoms with Gasteiger partial charge in [0.15, 0.2) is 0 Å². The van der Waals surface area contributed by atoms with Crippen LogP contribution in [0, 0.1) is 5.92 Å². The number of primary amides is 1. The monoisotopic (exact) mass is 686 g/mol. The van der Waals surface area contributed by atoms with E-state index in [1.54, 1.807) is 62.4 Å². The van der Waals surface area contributed by atoms with Crippen molar-refractivity contribution in [1.29, 1.82) is 0 Å². The van der Waals surface area contributed by atoms with Crippen molar-refractivity contribution < 1.29 is 38.2 Å². The lowest BCUT2D eigenvalue weighted by atomic mass is 10.0. The highest BCUT2D eigenvalue weighted by Crippen LogP contribution is 2.27. The Morgan fingerprint density at radius 3 is 2.22 bits per heavy atom. The summed E-state index contributed by atoms with van der Waals surface area (Å²) in [5.74, 6) is -1.31. The molecule has 0 saturated heterocycles. The van der Waals surface area contributed by atoms with Crippen LogP contribution in [-0.2, 0) is 32.3 Å². The highest BCUT2D eigenvalue weighted by atomic mass is 16.6. The first-order chi connectivity index (χ1) is 24.0. The Bertz CT molecular complexity index is 1810. The number of carbonyl (C=O) groups excluding carboxylic acids is 5. The number of aromatic nitrogens is 1. The fourth-order valence-corrected chi connectivity index (χ4v) is 4.94. The molecule has 0 spiro atoms. The SMILES string of the molecule is COC(=O)c1cc2ccc(OCc3ccccc3)cc2n1C(=O)OCc1ccc(NC(=O)[C@H](CCCNC(N)=O)NC(=O)[C@@H](N)C(C)C)cc1.